The average molecular weight is 575 g/mol. The van der Waals surface area contributed by atoms with Crippen molar-refractivity contribution in [3.63, 3.8) is 0 Å². The van der Waals surface area contributed by atoms with Crippen LogP contribution in [0.5, 0.6) is 0 Å². The molecule has 0 saturated heterocycles. The van der Waals surface area contributed by atoms with Crippen molar-refractivity contribution >= 4 is 34.4 Å². The zero-order valence-electron chi connectivity index (χ0n) is 23.8. The number of ether oxygens (including phenoxy) is 1. The minimum absolute atomic E-state index is 0.0990. The smallest absolute Gasteiger partial charge is 0.336 e. The lowest BCUT2D eigenvalue weighted by molar-refractivity contribution is -0.149. The van der Waals surface area contributed by atoms with E-state index in [1.165, 1.54) is 9.47 Å². The van der Waals surface area contributed by atoms with Crippen molar-refractivity contribution in [2.24, 2.45) is 0 Å². The van der Waals surface area contributed by atoms with E-state index in [0.717, 1.165) is 11.1 Å². The summed E-state index contributed by atoms with van der Waals surface area (Å²) < 4.78 is 7.00. The van der Waals surface area contributed by atoms with E-state index in [1.807, 2.05) is 68.4 Å². The van der Waals surface area contributed by atoms with Crippen LogP contribution in [0.4, 0.5) is 0 Å². The summed E-state index contributed by atoms with van der Waals surface area (Å²) in [5.74, 6) is -0.886. The number of rotatable bonds is 11. The lowest BCUT2D eigenvalue weighted by Gasteiger charge is -2.32. The summed E-state index contributed by atoms with van der Waals surface area (Å²) >= 11 is 6.28. The van der Waals surface area contributed by atoms with Gasteiger partial charge in [-0.25, -0.2) is 9.78 Å². The summed E-state index contributed by atoms with van der Waals surface area (Å²) in [6.07, 6.45) is 0.586. The predicted octanol–water partition coefficient (Wildman–Crippen LogP) is 5.10. The van der Waals surface area contributed by atoms with Gasteiger partial charge in [-0.1, -0.05) is 59.6 Å². The maximum absolute atomic E-state index is 14.1. The quantitative estimate of drug-likeness (QED) is 0.232. The molecule has 1 heterocycles. The topological polar surface area (TPSA) is 84.7 Å². The van der Waals surface area contributed by atoms with Gasteiger partial charge in [-0.05, 0) is 76.8 Å². The highest BCUT2D eigenvalue weighted by molar-refractivity contribution is 6.31. The number of hydrogen-bond donors (Lipinski definition) is 0. The molecule has 0 aliphatic carbocycles. The maximum atomic E-state index is 14.1. The average Bonchev–Trinajstić information content (AvgIpc) is 2.94. The fourth-order valence-corrected chi connectivity index (χ4v) is 4.95. The Kier molecular flexibility index (Phi) is 9.91. The fraction of sp³-hybridized carbons (Fsp3) is 0.312. The molecule has 0 aliphatic rings. The van der Waals surface area contributed by atoms with E-state index in [9.17, 15) is 14.4 Å². The highest BCUT2D eigenvalue weighted by Gasteiger charge is 2.37. The number of halogens is 1. The highest BCUT2D eigenvalue weighted by atomic mass is 35.5. The van der Waals surface area contributed by atoms with Crippen LogP contribution < -0.4 is 5.56 Å². The molecule has 0 N–H and O–H groups in total. The van der Waals surface area contributed by atoms with Crippen molar-refractivity contribution in [1.82, 2.24) is 19.4 Å². The molecule has 0 fully saturated rings. The molecular formula is C32H35ClN4O4. The number of esters is 1. The van der Waals surface area contributed by atoms with Gasteiger partial charge < -0.3 is 14.5 Å². The van der Waals surface area contributed by atoms with Crippen LogP contribution in [0.1, 0.15) is 46.7 Å². The van der Waals surface area contributed by atoms with E-state index >= 15 is 0 Å². The first-order valence-corrected chi connectivity index (χ1v) is 14.0. The molecule has 41 heavy (non-hydrogen) atoms. The van der Waals surface area contributed by atoms with Crippen molar-refractivity contribution in [2.75, 3.05) is 33.8 Å². The molecule has 1 amide bonds. The van der Waals surface area contributed by atoms with Crippen molar-refractivity contribution in [1.29, 1.82) is 0 Å². The Morgan fingerprint density at radius 3 is 2.44 bits per heavy atom. The Labute approximate surface area is 245 Å². The van der Waals surface area contributed by atoms with E-state index < -0.39 is 12.0 Å². The summed E-state index contributed by atoms with van der Waals surface area (Å²) in [6, 6.07) is 20.3. The van der Waals surface area contributed by atoms with Crippen LogP contribution in [0, 0.1) is 6.92 Å². The first-order chi connectivity index (χ1) is 19.7. The van der Waals surface area contributed by atoms with E-state index in [0.29, 0.717) is 34.5 Å². The van der Waals surface area contributed by atoms with E-state index in [-0.39, 0.29) is 37.0 Å². The number of aryl methyl sites for hydroxylation is 1. The number of benzene rings is 3. The van der Waals surface area contributed by atoms with Gasteiger partial charge in [-0.2, -0.15) is 0 Å². The molecule has 8 nitrogen and oxygen atoms in total. The Morgan fingerprint density at radius 2 is 1.76 bits per heavy atom. The minimum atomic E-state index is -1.27. The first-order valence-electron chi connectivity index (χ1n) is 13.6. The van der Waals surface area contributed by atoms with E-state index in [2.05, 4.69) is 0 Å². The van der Waals surface area contributed by atoms with Gasteiger partial charge in [0.25, 0.3) is 11.5 Å². The molecule has 0 radical (unpaired) electrons. The second-order valence-corrected chi connectivity index (χ2v) is 10.6. The van der Waals surface area contributed by atoms with Gasteiger partial charge >= 0.3 is 5.97 Å². The largest absolute Gasteiger partial charge is 0.464 e. The van der Waals surface area contributed by atoms with Crippen molar-refractivity contribution in [3.8, 4) is 0 Å². The van der Waals surface area contributed by atoms with Crippen LogP contribution in [-0.2, 0) is 16.1 Å². The Morgan fingerprint density at radius 1 is 1.00 bits per heavy atom. The maximum Gasteiger partial charge on any atom is 0.336 e. The summed E-state index contributed by atoms with van der Waals surface area (Å²) in [4.78, 5) is 50.2. The molecule has 3 aromatic carbocycles. The van der Waals surface area contributed by atoms with Gasteiger partial charge in [0.05, 0.1) is 24.1 Å². The van der Waals surface area contributed by atoms with Gasteiger partial charge in [0.15, 0.2) is 6.04 Å². The lowest BCUT2D eigenvalue weighted by Crippen LogP contribution is -2.44. The lowest BCUT2D eigenvalue weighted by atomic mass is 10.1. The molecule has 1 aromatic heterocycles. The zero-order valence-corrected chi connectivity index (χ0v) is 24.6. The number of nitrogens with zero attached hydrogens (tertiary/aromatic N) is 4. The van der Waals surface area contributed by atoms with E-state index in [4.69, 9.17) is 21.3 Å². The van der Waals surface area contributed by atoms with Crippen molar-refractivity contribution < 1.29 is 14.3 Å². The highest BCUT2D eigenvalue weighted by Crippen LogP contribution is 2.27. The molecule has 0 bridgehead atoms. The van der Waals surface area contributed by atoms with Crippen molar-refractivity contribution in [3.05, 3.63) is 111 Å². The molecule has 9 heteroatoms. The van der Waals surface area contributed by atoms with Crippen LogP contribution >= 0.6 is 11.6 Å². The molecule has 214 valence electrons. The molecule has 0 aliphatic heterocycles. The fourth-order valence-electron chi connectivity index (χ4n) is 4.78. The molecule has 0 spiro atoms. The second-order valence-electron chi connectivity index (χ2n) is 10.2. The third-order valence-electron chi connectivity index (χ3n) is 6.73. The van der Waals surface area contributed by atoms with Crippen LogP contribution in [0.2, 0.25) is 5.02 Å². The predicted molar refractivity (Wildman–Crippen MR) is 161 cm³/mol. The summed E-state index contributed by atoms with van der Waals surface area (Å²) in [7, 11) is 3.89. The number of amides is 1. The molecule has 4 rings (SSSR count). The zero-order chi connectivity index (χ0) is 29.5. The van der Waals surface area contributed by atoms with E-state index in [1.54, 1.807) is 37.3 Å². The standard InChI is InChI=1S/C32H35ClN4O4/c1-5-41-32(40)28(36(18-10-17-35(3)4)30(38)24-14-9-11-22(2)19-24)29-34-27-20-25(33)15-16-26(27)31(39)37(29)21-23-12-7-6-8-13-23/h6-9,11-16,19-20,28H,5,10,17-18,21H2,1-4H3. The molecule has 1 atom stereocenters. The number of hydrogen-bond acceptors (Lipinski definition) is 6. The number of fused-ring (bicyclic) bond motifs is 1. The van der Waals surface area contributed by atoms with Gasteiger partial charge in [0.1, 0.15) is 5.82 Å². The minimum Gasteiger partial charge on any atom is -0.464 e. The normalized spacial score (nSPS) is 12.0. The first kappa shape index (κ1) is 30.0. The van der Waals surface area contributed by atoms with Gasteiger partial charge in [0.2, 0.25) is 0 Å². The summed E-state index contributed by atoms with van der Waals surface area (Å²) in [5, 5.41) is 0.767. The summed E-state index contributed by atoms with van der Waals surface area (Å²) in [6.45, 7) is 4.79. The Hall–Kier alpha value is -4.01. The van der Waals surface area contributed by atoms with Crippen molar-refractivity contribution in [2.45, 2.75) is 32.9 Å². The van der Waals surface area contributed by atoms with Crippen LogP contribution in [-0.4, -0.2) is 65.0 Å². The monoisotopic (exact) mass is 574 g/mol. The van der Waals surface area contributed by atoms with Gasteiger partial charge in [0, 0.05) is 17.1 Å². The van der Waals surface area contributed by atoms with Gasteiger partial charge in [-0.15, -0.1) is 0 Å². The SMILES string of the molecule is CCOC(=O)C(c1nc2cc(Cl)ccc2c(=O)n1Cc1ccccc1)N(CCCN(C)C)C(=O)c1cccc(C)c1. The molecule has 1 unspecified atom stereocenters. The third kappa shape index (κ3) is 7.20. The number of carbonyl (C=O) groups is 2. The Balaban J connectivity index is 1.96. The summed E-state index contributed by atoms with van der Waals surface area (Å²) in [5.41, 5.74) is 2.20. The third-order valence-corrected chi connectivity index (χ3v) is 6.96. The number of carbonyl (C=O) groups excluding carboxylic acids is 2. The molecule has 4 aromatic rings. The van der Waals surface area contributed by atoms with Gasteiger partial charge in [-0.3, -0.25) is 14.2 Å². The van der Waals surface area contributed by atoms with Crippen LogP contribution in [0.3, 0.4) is 0 Å². The molecule has 0 saturated carbocycles. The van der Waals surface area contributed by atoms with Crippen LogP contribution in [0.25, 0.3) is 10.9 Å². The van der Waals surface area contributed by atoms with Crippen LogP contribution in [0.15, 0.2) is 77.6 Å². The Bertz CT molecular complexity index is 1590. The number of aromatic nitrogens is 2. The molecular weight excluding hydrogens is 540 g/mol. The second kappa shape index (κ2) is 13.6.